The highest BCUT2D eigenvalue weighted by molar-refractivity contribution is 5.64. The molecule has 6 heteroatoms. The van der Waals surface area contributed by atoms with E-state index in [0.29, 0.717) is 6.61 Å². The molecule has 0 aromatic heterocycles. The minimum atomic E-state index is -0.711. The first-order chi connectivity index (χ1) is 7.90. The number of nitrogens with zero attached hydrogens (tertiary/aromatic N) is 2. The molecule has 0 aromatic carbocycles. The predicted molar refractivity (Wildman–Crippen MR) is 69.1 cm³/mol. The molecule has 104 valence electrons. The molecule has 0 aromatic rings. The van der Waals surface area contributed by atoms with Gasteiger partial charge < -0.3 is 25.0 Å². The molecule has 0 rings (SSSR count). The van der Waals surface area contributed by atoms with Crippen LogP contribution in [-0.2, 0) is 9.47 Å². The molecule has 17 heavy (non-hydrogen) atoms. The van der Waals surface area contributed by atoms with Crippen LogP contribution in [-0.4, -0.2) is 77.0 Å². The fourth-order valence-corrected chi connectivity index (χ4v) is 0.739. The minimum Gasteiger partial charge on any atom is -0.450 e. The Hall–Kier alpha value is -0.850. The SMILES string of the molecule is CCOC(N)=O.CN(C)CCOCCN(C)C. The van der Waals surface area contributed by atoms with Crippen LogP contribution >= 0.6 is 0 Å². The van der Waals surface area contributed by atoms with E-state index in [0.717, 1.165) is 26.3 Å². The van der Waals surface area contributed by atoms with Crippen LogP contribution in [0.5, 0.6) is 0 Å². The molecule has 0 bridgehead atoms. The number of amides is 1. The number of primary amides is 1. The fourth-order valence-electron chi connectivity index (χ4n) is 0.739. The third-order valence-corrected chi connectivity index (χ3v) is 1.65. The summed E-state index contributed by atoms with van der Waals surface area (Å²) in [5.41, 5.74) is 4.54. The fraction of sp³-hybridized carbons (Fsp3) is 0.909. The summed E-state index contributed by atoms with van der Waals surface area (Å²) in [6.07, 6.45) is -0.711. The maximum atomic E-state index is 9.60. The van der Waals surface area contributed by atoms with Crippen LogP contribution in [0.4, 0.5) is 4.79 Å². The van der Waals surface area contributed by atoms with E-state index in [2.05, 4.69) is 48.5 Å². The van der Waals surface area contributed by atoms with Crippen LogP contribution < -0.4 is 5.73 Å². The van der Waals surface area contributed by atoms with E-state index >= 15 is 0 Å². The summed E-state index contributed by atoms with van der Waals surface area (Å²) >= 11 is 0. The van der Waals surface area contributed by atoms with Crippen molar-refractivity contribution in [3.63, 3.8) is 0 Å². The number of nitrogens with two attached hydrogens (primary N) is 1. The van der Waals surface area contributed by atoms with Crippen LogP contribution in [0.2, 0.25) is 0 Å². The molecule has 0 spiro atoms. The zero-order valence-corrected chi connectivity index (χ0v) is 11.7. The summed E-state index contributed by atoms with van der Waals surface area (Å²) in [6, 6.07) is 0. The van der Waals surface area contributed by atoms with Gasteiger partial charge in [0.15, 0.2) is 0 Å². The molecule has 0 saturated carbocycles. The third kappa shape index (κ3) is 25.4. The van der Waals surface area contributed by atoms with Gasteiger partial charge in [-0.15, -0.1) is 0 Å². The van der Waals surface area contributed by atoms with Gasteiger partial charge in [-0.2, -0.15) is 0 Å². The van der Waals surface area contributed by atoms with Crippen molar-refractivity contribution < 1.29 is 14.3 Å². The first-order valence-electron chi connectivity index (χ1n) is 5.69. The van der Waals surface area contributed by atoms with Crippen molar-refractivity contribution in [2.24, 2.45) is 5.73 Å². The van der Waals surface area contributed by atoms with Crippen LogP contribution in [0.1, 0.15) is 6.92 Å². The molecule has 0 heterocycles. The van der Waals surface area contributed by atoms with Gasteiger partial charge in [-0.3, -0.25) is 0 Å². The summed E-state index contributed by atoms with van der Waals surface area (Å²) in [5, 5.41) is 0. The number of hydrogen-bond acceptors (Lipinski definition) is 5. The van der Waals surface area contributed by atoms with Crippen molar-refractivity contribution in [1.29, 1.82) is 0 Å². The first-order valence-corrected chi connectivity index (χ1v) is 5.69. The molecule has 1 amide bonds. The standard InChI is InChI=1S/C8H20N2O.C3H7NO2/c1-9(2)5-7-11-8-6-10(3)4;1-2-6-3(4)5/h5-8H2,1-4H3;2H2,1H3,(H2,4,5). The van der Waals surface area contributed by atoms with Gasteiger partial charge in [-0.1, -0.05) is 0 Å². The highest BCUT2D eigenvalue weighted by Gasteiger charge is 1.91. The highest BCUT2D eigenvalue weighted by Crippen LogP contribution is 1.80. The molecular formula is C11H27N3O3. The molecule has 0 aliphatic carbocycles. The molecular weight excluding hydrogens is 222 g/mol. The summed E-state index contributed by atoms with van der Waals surface area (Å²) in [6.45, 7) is 5.74. The Morgan fingerprint density at radius 2 is 1.47 bits per heavy atom. The largest absolute Gasteiger partial charge is 0.450 e. The number of ether oxygens (including phenoxy) is 2. The second-order valence-corrected chi connectivity index (χ2v) is 3.97. The highest BCUT2D eigenvalue weighted by atomic mass is 16.5. The van der Waals surface area contributed by atoms with Crippen molar-refractivity contribution in [3.05, 3.63) is 0 Å². The lowest BCUT2D eigenvalue weighted by Crippen LogP contribution is -2.22. The summed E-state index contributed by atoms with van der Waals surface area (Å²) < 4.78 is 9.55. The summed E-state index contributed by atoms with van der Waals surface area (Å²) in [7, 11) is 8.20. The van der Waals surface area contributed by atoms with Crippen molar-refractivity contribution in [2.75, 3.05) is 61.1 Å². The Bertz CT molecular complexity index is 165. The van der Waals surface area contributed by atoms with Crippen molar-refractivity contribution in [2.45, 2.75) is 6.92 Å². The van der Waals surface area contributed by atoms with Crippen LogP contribution in [0.3, 0.4) is 0 Å². The van der Waals surface area contributed by atoms with E-state index in [1.165, 1.54) is 0 Å². The second kappa shape index (κ2) is 13.2. The predicted octanol–water partition coefficient (Wildman–Crippen LogP) is 0.228. The lowest BCUT2D eigenvalue weighted by Gasteiger charge is -2.12. The van der Waals surface area contributed by atoms with Gasteiger partial charge in [-0.05, 0) is 35.1 Å². The number of hydrogen-bond donors (Lipinski definition) is 1. The van der Waals surface area contributed by atoms with Gasteiger partial charge in [-0.25, -0.2) is 4.79 Å². The van der Waals surface area contributed by atoms with Crippen LogP contribution in [0, 0.1) is 0 Å². The lowest BCUT2D eigenvalue weighted by atomic mass is 10.6. The van der Waals surface area contributed by atoms with E-state index in [4.69, 9.17) is 4.74 Å². The first kappa shape index (κ1) is 18.5. The Kier molecular flexibility index (Phi) is 14.4. The quantitative estimate of drug-likeness (QED) is 0.654. The monoisotopic (exact) mass is 249 g/mol. The third-order valence-electron chi connectivity index (χ3n) is 1.65. The molecule has 6 nitrogen and oxygen atoms in total. The molecule has 0 atom stereocenters. The van der Waals surface area contributed by atoms with Gasteiger partial charge >= 0.3 is 6.09 Å². The van der Waals surface area contributed by atoms with E-state index in [-0.39, 0.29) is 0 Å². The van der Waals surface area contributed by atoms with Gasteiger partial charge in [0.25, 0.3) is 0 Å². The Morgan fingerprint density at radius 3 is 1.65 bits per heavy atom. The van der Waals surface area contributed by atoms with Gasteiger partial charge in [0, 0.05) is 13.1 Å². The normalized spacial score (nSPS) is 10.1. The van der Waals surface area contributed by atoms with Crippen molar-refractivity contribution in [1.82, 2.24) is 9.80 Å². The summed E-state index contributed by atoms with van der Waals surface area (Å²) in [4.78, 5) is 13.8. The van der Waals surface area contributed by atoms with E-state index < -0.39 is 6.09 Å². The van der Waals surface area contributed by atoms with Crippen LogP contribution in [0.25, 0.3) is 0 Å². The molecule has 0 aliphatic rings. The molecule has 0 fully saturated rings. The summed E-state index contributed by atoms with van der Waals surface area (Å²) in [5.74, 6) is 0. The number of likely N-dealkylation sites (N-methyl/N-ethyl adjacent to an activating group) is 2. The average Bonchev–Trinajstić information content (AvgIpc) is 2.16. The maximum Gasteiger partial charge on any atom is 0.404 e. The lowest BCUT2D eigenvalue weighted by molar-refractivity contribution is 0.104. The number of rotatable bonds is 7. The van der Waals surface area contributed by atoms with Gasteiger partial charge in [0.1, 0.15) is 0 Å². The Labute approximate surface area is 105 Å². The number of carbonyl (C=O) groups is 1. The van der Waals surface area contributed by atoms with E-state index in [1.54, 1.807) is 6.92 Å². The second-order valence-electron chi connectivity index (χ2n) is 3.97. The molecule has 2 N–H and O–H groups in total. The van der Waals surface area contributed by atoms with Crippen molar-refractivity contribution >= 4 is 6.09 Å². The Morgan fingerprint density at radius 1 is 1.06 bits per heavy atom. The molecule has 0 saturated heterocycles. The number of carbonyl (C=O) groups excluding carboxylic acids is 1. The van der Waals surface area contributed by atoms with Crippen molar-refractivity contribution in [3.8, 4) is 0 Å². The zero-order valence-electron chi connectivity index (χ0n) is 11.7. The molecule has 0 aliphatic heterocycles. The van der Waals surface area contributed by atoms with Crippen LogP contribution in [0.15, 0.2) is 0 Å². The molecule has 0 unspecified atom stereocenters. The van der Waals surface area contributed by atoms with E-state index in [1.807, 2.05) is 0 Å². The topological polar surface area (TPSA) is 68.0 Å². The smallest absolute Gasteiger partial charge is 0.404 e. The Balaban J connectivity index is 0. The maximum absolute atomic E-state index is 9.60. The van der Waals surface area contributed by atoms with Gasteiger partial charge in [0.05, 0.1) is 19.8 Å². The average molecular weight is 249 g/mol. The minimum absolute atomic E-state index is 0.356. The molecule has 0 radical (unpaired) electrons. The van der Waals surface area contributed by atoms with E-state index in [9.17, 15) is 4.79 Å². The zero-order chi connectivity index (χ0) is 13.7. The van der Waals surface area contributed by atoms with Gasteiger partial charge in [0.2, 0.25) is 0 Å².